The summed E-state index contributed by atoms with van der Waals surface area (Å²) in [6.45, 7) is 0.712. The van der Waals surface area contributed by atoms with Crippen LogP contribution in [0.2, 0.25) is 0 Å². The van der Waals surface area contributed by atoms with Gasteiger partial charge in [0.15, 0.2) is 11.6 Å². The summed E-state index contributed by atoms with van der Waals surface area (Å²) in [7, 11) is -3.82. The minimum Gasteiger partial charge on any atom is -0.207 e. The maximum Gasteiger partial charge on any atom is 0.243 e. The Labute approximate surface area is 144 Å². The third-order valence-electron chi connectivity index (χ3n) is 4.00. The molecule has 24 heavy (non-hydrogen) atoms. The van der Waals surface area contributed by atoms with E-state index in [1.54, 1.807) is 11.8 Å². The van der Waals surface area contributed by atoms with Crippen LogP contribution in [0.4, 0.5) is 8.78 Å². The Kier molecular flexibility index (Phi) is 5.22. The summed E-state index contributed by atoms with van der Waals surface area (Å²) in [5.41, 5.74) is 1.18. The van der Waals surface area contributed by atoms with Gasteiger partial charge in [0.25, 0.3) is 0 Å². The van der Waals surface area contributed by atoms with Crippen molar-refractivity contribution in [2.75, 3.05) is 18.8 Å². The monoisotopic (exact) mass is 369 g/mol. The molecule has 0 bridgehead atoms. The molecule has 1 heterocycles. The van der Waals surface area contributed by atoms with Crippen molar-refractivity contribution in [3.63, 3.8) is 0 Å². The van der Waals surface area contributed by atoms with Gasteiger partial charge in [-0.3, -0.25) is 0 Å². The summed E-state index contributed by atoms with van der Waals surface area (Å²) in [6, 6.07) is 12.7. The predicted molar refractivity (Wildman–Crippen MR) is 91.4 cm³/mol. The Balaban J connectivity index is 1.79. The minimum atomic E-state index is -3.82. The smallest absolute Gasteiger partial charge is 0.207 e. The average Bonchev–Trinajstić information content (AvgIpc) is 2.84. The second-order valence-corrected chi connectivity index (χ2v) is 8.79. The Morgan fingerprint density at radius 1 is 1.00 bits per heavy atom. The first-order valence-electron chi connectivity index (χ1n) is 7.60. The molecule has 0 aromatic heterocycles. The molecule has 7 heteroatoms. The minimum absolute atomic E-state index is 0.204. The molecule has 0 radical (unpaired) electrons. The van der Waals surface area contributed by atoms with Gasteiger partial charge >= 0.3 is 0 Å². The first kappa shape index (κ1) is 17.4. The van der Waals surface area contributed by atoms with Gasteiger partial charge in [-0.15, -0.1) is 0 Å². The molecule has 0 saturated carbocycles. The zero-order valence-electron chi connectivity index (χ0n) is 12.9. The van der Waals surface area contributed by atoms with Crippen LogP contribution in [-0.4, -0.2) is 31.6 Å². The van der Waals surface area contributed by atoms with Crippen molar-refractivity contribution >= 4 is 21.8 Å². The highest BCUT2D eigenvalue weighted by atomic mass is 32.2. The van der Waals surface area contributed by atoms with Crippen molar-refractivity contribution in [3.05, 3.63) is 65.7 Å². The molecule has 1 fully saturated rings. The van der Waals surface area contributed by atoms with Crippen molar-refractivity contribution in [1.29, 1.82) is 0 Å². The molecule has 0 amide bonds. The molecule has 1 aliphatic heterocycles. The van der Waals surface area contributed by atoms with Crippen LogP contribution in [0, 0.1) is 11.6 Å². The number of rotatable bonds is 3. The second-order valence-electron chi connectivity index (χ2n) is 5.54. The summed E-state index contributed by atoms with van der Waals surface area (Å²) in [5, 5.41) is 0.233. The van der Waals surface area contributed by atoms with Crippen LogP contribution >= 0.6 is 11.8 Å². The van der Waals surface area contributed by atoms with Crippen LogP contribution in [0.1, 0.15) is 17.2 Å². The Hall–Kier alpha value is -1.44. The van der Waals surface area contributed by atoms with Crippen LogP contribution in [0.5, 0.6) is 0 Å². The van der Waals surface area contributed by atoms with Crippen molar-refractivity contribution in [2.45, 2.75) is 16.6 Å². The SMILES string of the molecule is O=S(=O)(c1ccc(F)c(F)c1)N1CCS[C@@H](c2ccccc2)CC1. The lowest BCUT2D eigenvalue weighted by molar-refractivity contribution is 0.427. The quantitative estimate of drug-likeness (QED) is 0.825. The van der Waals surface area contributed by atoms with Crippen LogP contribution in [0.15, 0.2) is 53.4 Å². The Morgan fingerprint density at radius 3 is 2.46 bits per heavy atom. The van der Waals surface area contributed by atoms with E-state index in [1.807, 2.05) is 30.3 Å². The molecule has 3 rings (SSSR count). The zero-order valence-corrected chi connectivity index (χ0v) is 14.5. The largest absolute Gasteiger partial charge is 0.243 e. The van der Waals surface area contributed by atoms with Gasteiger partial charge in [0, 0.05) is 24.1 Å². The number of sulfonamides is 1. The highest BCUT2D eigenvalue weighted by Crippen LogP contribution is 2.35. The van der Waals surface area contributed by atoms with Gasteiger partial charge < -0.3 is 0 Å². The number of nitrogens with zero attached hydrogens (tertiary/aromatic N) is 1. The maximum atomic E-state index is 13.4. The molecule has 128 valence electrons. The van der Waals surface area contributed by atoms with E-state index in [-0.39, 0.29) is 10.1 Å². The van der Waals surface area contributed by atoms with Crippen LogP contribution in [-0.2, 0) is 10.0 Å². The molecule has 0 unspecified atom stereocenters. The zero-order chi connectivity index (χ0) is 17.2. The summed E-state index contributed by atoms with van der Waals surface area (Å²) < 4.78 is 53.1. The molecule has 1 atom stereocenters. The number of halogens is 2. The van der Waals surface area contributed by atoms with Gasteiger partial charge in [0.1, 0.15) is 0 Å². The molecule has 0 spiro atoms. The molecule has 0 aliphatic carbocycles. The highest BCUT2D eigenvalue weighted by Gasteiger charge is 2.29. The standard InChI is InChI=1S/C17H17F2NO2S2/c18-15-7-6-14(12-16(15)19)24(21,22)20-9-8-17(23-11-10-20)13-4-2-1-3-5-13/h1-7,12,17H,8-11H2/t17-/m1/s1. The average molecular weight is 369 g/mol. The fourth-order valence-electron chi connectivity index (χ4n) is 2.71. The molecular weight excluding hydrogens is 352 g/mol. The molecule has 0 N–H and O–H groups in total. The normalized spacial score (nSPS) is 19.8. The van der Waals surface area contributed by atoms with Gasteiger partial charge in [-0.25, -0.2) is 17.2 Å². The lowest BCUT2D eigenvalue weighted by atomic mass is 10.1. The van der Waals surface area contributed by atoms with Crippen molar-refractivity contribution < 1.29 is 17.2 Å². The fourth-order valence-corrected chi connectivity index (χ4v) is 5.53. The topological polar surface area (TPSA) is 37.4 Å². The van der Waals surface area contributed by atoms with Crippen molar-refractivity contribution in [3.8, 4) is 0 Å². The first-order chi connectivity index (χ1) is 11.5. The lowest BCUT2D eigenvalue weighted by Gasteiger charge is -2.20. The third-order valence-corrected chi connectivity index (χ3v) is 7.22. The van der Waals surface area contributed by atoms with E-state index in [2.05, 4.69) is 0 Å². The molecule has 1 aliphatic rings. The first-order valence-corrected chi connectivity index (χ1v) is 10.1. The molecule has 2 aromatic carbocycles. The predicted octanol–water partition coefficient (Wildman–Crippen LogP) is 3.83. The summed E-state index contributed by atoms with van der Waals surface area (Å²) in [4.78, 5) is -0.204. The summed E-state index contributed by atoms with van der Waals surface area (Å²) >= 11 is 1.72. The number of hydrogen-bond donors (Lipinski definition) is 0. The van der Waals surface area contributed by atoms with E-state index in [9.17, 15) is 17.2 Å². The van der Waals surface area contributed by atoms with Crippen molar-refractivity contribution in [2.24, 2.45) is 0 Å². The van der Waals surface area contributed by atoms with Gasteiger partial charge in [-0.1, -0.05) is 30.3 Å². The fraction of sp³-hybridized carbons (Fsp3) is 0.294. The molecule has 3 nitrogen and oxygen atoms in total. The van der Waals surface area contributed by atoms with E-state index in [0.717, 1.165) is 18.2 Å². The van der Waals surface area contributed by atoms with Gasteiger partial charge in [0.2, 0.25) is 10.0 Å². The van der Waals surface area contributed by atoms with E-state index < -0.39 is 21.7 Å². The van der Waals surface area contributed by atoms with Gasteiger partial charge in [-0.05, 0) is 30.2 Å². The van der Waals surface area contributed by atoms with Gasteiger partial charge in [0.05, 0.1) is 4.90 Å². The third kappa shape index (κ3) is 3.63. The number of hydrogen-bond acceptors (Lipinski definition) is 3. The van der Waals surface area contributed by atoms with Crippen molar-refractivity contribution in [1.82, 2.24) is 4.31 Å². The van der Waals surface area contributed by atoms with E-state index in [0.29, 0.717) is 25.3 Å². The van der Waals surface area contributed by atoms with Crippen LogP contribution in [0.3, 0.4) is 0 Å². The lowest BCUT2D eigenvalue weighted by Crippen LogP contribution is -2.33. The van der Waals surface area contributed by atoms with E-state index in [1.165, 1.54) is 9.87 Å². The number of benzene rings is 2. The van der Waals surface area contributed by atoms with E-state index >= 15 is 0 Å². The molecular formula is C17H17F2NO2S2. The van der Waals surface area contributed by atoms with Crippen LogP contribution < -0.4 is 0 Å². The number of thioether (sulfide) groups is 1. The second kappa shape index (κ2) is 7.21. The Bertz CT molecular complexity index is 813. The summed E-state index contributed by atoms with van der Waals surface area (Å²) in [6.07, 6.45) is 0.678. The van der Waals surface area contributed by atoms with E-state index in [4.69, 9.17) is 0 Å². The Morgan fingerprint density at radius 2 is 1.75 bits per heavy atom. The molecule has 1 saturated heterocycles. The van der Waals surface area contributed by atoms with Gasteiger partial charge in [-0.2, -0.15) is 16.1 Å². The molecule has 2 aromatic rings. The highest BCUT2D eigenvalue weighted by molar-refractivity contribution is 7.99. The summed E-state index contributed by atoms with van der Waals surface area (Å²) in [5.74, 6) is -1.55. The maximum absolute atomic E-state index is 13.4. The van der Waals surface area contributed by atoms with Crippen LogP contribution in [0.25, 0.3) is 0 Å².